The first-order valence-electron chi connectivity index (χ1n) is 9.22. The molecule has 0 atom stereocenters. The molecule has 0 saturated carbocycles. The Morgan fingerprint density at radius 2 is 1.97 bits per heavy atom. The number of hydrogen-bond donors (Lipinski definition) is 4. The van der Waals surface area contributed by atoms with Crippen molar-refractivity contribution in [2.45, 2.75) is 6.42 Å². The molecular weight excluding hydrogens is 404 g/mol. The molecule has 10 nitrogen and oxygen atoms in total. The van der Waals surface area contributed by atoms with Gasteiger partial charge in [0.2, 0.25) is 15.5 Å². The highest BCUT2D eigenvalue weighted by atomic mass is 32.2. The van der Waals surface area contributed by atoms with Gasteiger partial charge in [0.1, 0.15) is 0 Å². The third kappa shape index (κ3) is 5.00. The summed E-state index contributed by atoms with van der Waals surface area (Å²) in [5, 5.41) is 6.43. The summed E-state index contributed by atoms with van der Waals surface area (Å²) in [5.41, 5.74) is 3.48. The molecule has 0 fully saturated rings. The zero-order valence-corrected chi connectivity index (χ0v) is 17.0. The Labute approximate surface area is 173 Å². The van der Waals surface area contributed by atoms with Crippen LogP contribution in [-0.2, 0) is 16.4 Å². The van der Waals surface area contributed by atoms with Gasteiger partial charge in [-0.3, -0.25) is 14.7 Å². The highest BCUT2D eigenvalue weighted by Crippen LogP contribution is 2.22. The average molecular weight is 425 g/mol. The molecule has 0 saturated heterocycles. The highest BCUT2D eigenvalue weighted by molar-refractivity contribution is 7.92. The quantitative estimate of drug-likeness (QED) is 0.338. The normalized spacial score (nSPS) is 11.4. The van der Waals surface area contributed by atoms with E-state index in [1.54, 1.807) is 36.8 Å². The van der Waals surface area contributed by atoms with E-state index in [-0.39, 0.29) is 0 Å². The molecule has 5 N–H and O–H groups in total. The molecular formula is C19H21N8O2S+. The molecule has 0 spiro atoms. The fourth-order valence-electron chi connectivity index (χ4n) is 2.92. The van der Waals surface area contributed by atoms with Gasteiger partial charge in [-0.2, -0.15) is 4.98 Å². The van der Waals surface area contributed by atoms with Gasteiger partial charge in [-0.1, -0.05) is 17.1 Å². The number of fused-ring (bicyclic) bond motifs is 1. The van der Waals surface area contributed by atoms with Gasteiger partial charge in [0.15, 0.2) is 12.1 Å². The van der Waals surface area contributed by atoms with Crippen molar-refractivity contribution in [3.05, 3.63) is 60.7 Å². The predicted molar refractivity (Wildman–Crippen MR) is 115 cm³/mol. The average Bonchev–Trinajstić information content (AvgIpc) is 3.16. The number of hydrogen-bond acceptors (Lipinski definition) is 7. The maximum absolute atomic E-state index is 11.5. The molecule has 1 aromatic carbocycles. The lowest BCUT2D eigenvalue weighted by atomic mass is 10.3. The summed E-state index contributed by atoms with van der Waals surface area (Å²) in [6.07, 6.45) is 5.31. The molecule has 0 bridgehead atoms. The zero-order chi connectivity index (χ0) is 21.0. The van der Waals surface area contributed by atoms with Gasteiger partial charge in [0.05, 0.1) is 11.9 Å². The Morgan fingerprint density at radius 1 is 1.10 bits per heavy atom. The number of nitrogens with zero attached hydrogens (tertiary/aromatic N) is 3. The van der Waals surface area contributed by atoms with Crippen LogP contribution in [0.25, 0.3) is 11.2 Å². The van der Waals surface area contributed by atoms with Crippen LogP contribution in [0.4, 0.5) is 23.1 Å². The van der Waals surface area contributed by atoms with Crippen LogP contribution >= 0.6 is 0 Å². The number of aromatic amines is 2. The van der Waals surface area contributed by atoms with Gasteiger partial charge in [-0.25, -0.2) is 13.4 Å². The van der Waals surface area contributed by atoms with E-state index in [9.17, 15) is 8.42 Å². The fraction of sp³-hybridized carbons (Fsp3) is 0.158. The number of rotatable bonds is 8. The third-order valence-electron chi connectivity index (χ3n) is 4.16. The molecule has 0 aliphatic heterocycles. The van der Waals surface area contributed by atoms with Crippen molar-refractivity contribution in [2.24, 2.45) is 0 Å². The maximum Gasteiger partial charge on any atom is 0.307 e. The van der Waals surface area contributed by atoms with Gasteiger partial charge < -0.3 is 10.6 Å². The summed E-state index contributed by atoms with van der Waals surface area (Å²) in [5.74, 6) is 1.01. The SMILES string of the molecule is CS(=O)(=O)Nc1cccc(Nc2nc(NCCc3ccccn3)c3[nH]c[nH+]c3n2)c1. The van der Waals surface area contributed by atoms with Crippen LogP contribution in [0, 0.1) is 0 Å². The fourth-order valence-corrected chi connectivity index (χ4v) is 3.48. The molecule has 4 aromatic rings. The highest BCUT2D eigenvalue weighted by Gasteiger charge is 2.16. The van der Waals surface area contributed by atoms with E-state index < -0.39 is 10.0 Å². The standard InChI is InChI=1S/C19H20N8O2S/c1-30(28,29)27-15-7-4-6-14(11-15)24-19-25-17(16-18(26-19)23-12-22-16)21-10-8-13-5-2-3-9-20-13/h2-7,9,11-12,27H,8,10H2,1H3,(H3,21,22,23,24,25,26)/p+1. The van der Waals surface area contributed by atoms with Crippen LogP contribution in [0.3, 0.4) is 0 Å². The number of H-pyrrole nitrogens is 2. The Balaban J connectivity index is 1.53. The molecule has 30 heavy (non-hydrogen) atoms. The summed E-state index contributed by atoms with van der Waals surface area (Å²) in [6, 6.07) is 12.7. The van der Waals surface area contributed by atoms with E-state index >= 15 is 0 Å². The first kappa shape index (κ1) is 19.6. The summed E-state index contributed by atoms with van der Waals surface area (Å²) < 4.78 is 25.4. The Bertz CT molecular complexity index is 1260. The van der Waals surface area contributed by atoms with Crippen molar-refractivity contribution in [3.8, 4) is 0 Å². The molecule has 3 heterocycles. The number of sulfonamides is 1. The number of benzene rings is 1. The number of aromatic nitrogens is 5. The zero-order valence-electron chi connectivity index (χ0n) is 16.2. The largest absolute Gasteiger partial charge is 0.366 e. The van der Waals surface area contributed by atoms with Crippen molar-refractivity contribution >= 4 is 44.3 Å². The molecule has 3 aromatic heterocycles. The summed E-state index contributed by atoms with van der Waals surface area (Å²) in [7, 11) is -3.36. The van der Waals surface area contributed by atoms with Crippen LogP contribution in [0.5, 0.6) is 0 Å². The maximum atomic E-state index is 11.5. The molecule has 4 rings (SSSR count). The van der Waals surface area contributed by atoms with Crippen LogP contribution < -0.4 is 20.3 Å². The number of nitrogens with one attached hydrogen (secondary N) is 5. The van der Waals surface area contributed by atoms with Crippen molar-refractivity contribution in [1.82, 2.24) is 19.9 Å². The minimum absolute atomic E-state index is 0.371. The summed E-state index contributed by atoms with van der Waals surface area (Å²) in [6.45, 7) is 0.648. The molecule has 11 heteroatoms. The number of pyridine rings is 1. The van der Waals surface area contributed by atoms with E-state index in [1.165, 1.54) is 0 Å². The van der Waals surface area contributed by atoms with Gasteiger partial charge in [0.25, 0.3) is 0 Å². The van der Waals surface area contributed by atoms with E-state index in [0.29, 0.717) is 35.3 Å². The van der Waals surface area contributed by atoms with Crippen LogP contribution in [-0.4, -0.2) is 41.2 Å². The van der Waals surface area contributed by atoms with Crippen LogP contribution in [0.15, 0.2) is 55.0 Å². The minimum Gasteiger partial charge on any atom is -0.366 e. The topological polar surface area (TPSA) is 139 Å². The van der Waals surface area contributed by atoms with E-state index in [0.717, 1.165) is 23.9 Å². The van der Waals surface area contributed by atoms with Crippen LogP contribution in [0.2, 0.25) is 0 Å². The molecule has 154 valence electrons. The van der Waals surface area contributed by atoms with E-state index in [1.807, 2.05) is 18.2 Å². The monoisotopic (exact) mass is 425 g/mol. The first-order chi connectivity index (χ1) is 14.5. The molecule has 0 radical (unpaired) electrons. The smallest absolute Gasteiger partial charge is 0.307 e. The summed E-state index contributed by atoms with van der Waals surface area (Å²) >= 11 is 0. The lowest BCUT2D eigenvalue weighted by Crippen LogP contribution is -2.11. The molecule has 0 amide bonds. The van der Waals surface area contributed by atoms with Crippen molar-refractivity contribution in [2.75, 3.05) is 28.2 Å². The van der Waals surface area contributed by atoms with Gasteiger partial charge in [0, 0.05) is 30.5 Å². The lowest BCUT2D eigenvalue weighted by molar-refractivity contribution is -0.347. The second-order valence-electron chi connectivity index (χ2n) is 6.63. The third-order valence-corrected chi connectivity index (χ3v) is 4.76. The minimum atomic E-state index is -3.36. The second-order valence-corrected chi connectivity index (χ2v) is 8.38. The van der Waals surface area contributed by atoms with Crippen molar-refractivity contribution in [3.63, 3.8) is 0 Å². The summed E-state index contributed by atoms with van der Waals surface area (Å²) in [4.78, 5) is 19.5. The molecule has 0 aliphatic carbocycles. The Kier molecular flexibility index (Phi) is 5.44. The van der Waals surface area contributed by atoms with Gasteiger partial charge in [-0.15, -0.1) is 0 Å². The first-order valence-corrected chi connectivity index (χ1v) is 11.1. The number of anilines is 4. The van der Waals surface area contributed by atoms with Gasteiger partial charge in [-0.05, 0) is 30.3 Å². The van der Waals surface area contributed by atoms with Gasteiger partial charge >= 0.3 is 11.6 Å². The second kappa shape index (κ2) is 8.33. The van der Waals surface area contributed by atoms with Crippen LogP contribution in [0.1, 0.15) is 5.69 Å². The van der Waals surface area contributed by atoms with Crippen molar-refractivity contribution < 1.29 is 13.4 Å². The van der Waals surface area contributed by atoms with E-state index in [2.05, 4.69) is 40.3 Å². The number of imidazole rings is 1. The van der Waals surface area contributed by atoms with Crippen molar-refractivity contribution in [1.29, 1.82) is 0 Å². The lowest BCUT2D eigenvalue weighted by Gasteiger charge is -2.08. The molecule has 0 unspecified atom stereocenters. The molecule has 0 aliphatic rings. The van der Waals surface area contributed by atoms with E-state index in [4.69, 9.17) is 0 Å². The Hall–Kier alpha value is -3.73. The predicted octanol–water partition coefficient (Wildman–Crippen LogP) is 1.94. The Morgan fingerprint density at radius 3 is 2.77 bits per heavy atom.